The van der Waals surface area contributed by atoms with E-state index in [1.54, 1.807) is 0 Å². The molecule has 2 heterocycles. The van der Waals surface area contributed by atoms with Gasteiger partial charge in [-0.2, -0.15) is 0 Å². The first kappa shape index (κ1) is 11.5. The highest BCUT2D eigenvalue weighted by atomic mass is 15.1. The van der Waals surface area contributed by atoms with Crippen molar-refractivity contribution in [3.05, 3.63) is 53.1 Å². The molecule has 0 saturated carbocycles. The minimum atomic E-state index is 0.923. The number of nitrogens with zero attached hydrogens (tertiary/aromatic N) is 2. The Bertz CT molecular complexity index is 542. The van der Waals surface area contributed by atoms with Gasteiger partial charge in [0.1, 0.15) is 0 Å². The molecule has 0 atom stereocenters. The van der Waals surface area contributed by atoms with Crippen LogP contribution >= 0.6 is 0 Å². The second-order valence-corrected chi connectivity index (χ2v) is 5.00. The number of aryl methyl sites for hydroxylation is 3. The van der Waals surface area contributed by atoms with Crippen LogP contribution in [-0.2, 0) is 25.9 Å². The lowest BCUT2D eigenvalue weighted by Crippen LogP contribution is -2.25. The largest absolute Gasteiger partial charge is 0.334 e. The van der Waals surface area contributed by atoms with Crippen LogP contribution in [0.5, 0.6) is 0 Å². The Morgan fingerprint density at radius 2 is 2.33 bits per heavy atom. The van der Waals surface area contributed by atoms with Crippen LogP contribution in [0.25, 0.3) is 0 Å². The molecule has 1 aromatic heterocycles. The number of nitrogens with one attached hydrogen (secondary N) is 1. The van der Waals surface area contributed by atoms with Gasteiger partial charge in [0, 0.05) is 31.7 Å². The molecule has 0 amide bonds. The SMILES string of the molecule is Cc1cccc(CCn2cnc3c2CCNC3)c1. The van der Waals surface area contributed by atoms with Gasteiger partial charge in [-0.05, 0) is 18.9 Å². The first-order valence-corrected chi connectivity index (χ1v) is 6.62. The van der Waals surface area contributed by atoms with E-state index in [9.17, 15) is 0 Å². The van der Waals surface area contributed by atoms with Crippen LogP contribution in [0.3, 0.4) is 0 Å². The Kier molecular flexibility index (Phi) is 3.15. The smallest absolute Gasteiger partial charge is 0.0952 e. The summed E-state index contributed by atoms with van der Waals surface area (Å²) in [6, 6.07) is 8.76. The Labute approximate surface area is 108 Å². The standard InChI is InChI=1S/C15H19N3/c1-12-3-2-4-13(9-12)6-8-18-11-17-14-10-16-7-5-15(14)18/h2-4,9,11,16H,5-8,10H2,1H3. The van der Waals surface area contributed by atoms with E-state index < -0.39 is 0 Å². The average molecular weight is 241 g/mol. The van der Waals surface area contributed by atoms with E-state index in [0.717, 1.165) is 32.5 Å². The lowest BCUT2D eigenvalue weighted by Gasteiger charge is -2.15. The maximum Gasteiger partial charge on any atom is 0.0952 e. The first-order valence-electron chi connectivity index (χ1n) is 6.62. The predicted molar refractivity (Wildman–Crippen MR) is 72.5 cm³/mol. The Hall–Kier alpha value is -1.61. The van der Waals surface area contributed by atoms with Crippen LogP contribution in [0.2, 0.25) is 0 Å². The van der Waals surface area contributed by atoms with E-state index >= 15 is 0 Å². The van der Waals surface area contributed by atoms with Crippen LogP contribution < -0.4 is 5.32 Å². The molecule has 0 aliphatic carbocycles. The number of hydrogen-bond donors (Lipinski definition) is 1. The third kappa shape index (κ3) is 2.31. The zero-order valence-electron chi connectivity index (χ0n) is 10.8. The second kappa shape index (κ2) is 4.94. The molecule has 1 aliphatic rings. The molecule has 3 nitrogen and oxygen atoms in total. The number of fused-ring (bicyclic) bond motifs is 1. The van der Waals surface area contributed by atoms with Crippen molar-refractivity contribution in [1.29, 1.82) is 0 Å². The molecule has 0 fully saturated rings. The van der Waals surface area contributed by atoms with E-state index in [1.165, 1.54) is 22.5 Å². The van der Waals surface area contributed by atoms with Gasteiger partial charge in [0.15, 0.2) is 0 Å². The molecule has 2 aromatic rings. The van der Waals surface area contributed by atoms with Gasteiger partial charge in [-0.25, -0.2) is 4.98 Å². The van der Waals surface area contributed by atoms with Gasteiger partial charge >= 0.3 is 0 Å². The number of aromatic nitrogens is 2. The molecule has 0 spiro atoms. The predicted octanol–water partition coefficient (Wildman–Crippen LogP) is 2.08. The van der Waals surface area contributed by atoms with Crippen LogP contribution in [0.1, 0.15) is 22.5 Å². The van der Waals surface area contributed by atoms with Crippen LogP contribution in [0.15, 0.2) is 30.6 Å². The normalized spacial score (nSPS) is 14.5. The topological polar surface area (TPSA) is 29.9 Å². The summed E-state index contributed by atoms with van der Waals surface area (Å²) in [4.78, 5) is 4.49. The Morgan fingerprint density at radius 3 is 3.22 bits per heavy atom. The van der Waals surface area contributed by atoms with E-state index in [2.05, 4.69) is 46.1 Å². The van der Waals surface area contributed by atoms with Crippen molar-refractivity contribution < 1.29 is 0 Å². The molecule has 18 heavy (non-hydrogen) atoms. The molecular formula is C15H19N3. The number of benzene rings is 1. The van der Waals surface area contributed by atoms with Crippen LogP contribution in [0, 0.1) is 6.92 Å². The van der Waals surface area contributed by atoms with Crippen molar-refractivity contribution >= 4 is 0 Å². The highest BCUT2D eigenvalue weighted by Crippen LogP contribution is 2.13. The summed E-state index contributed by atoms with van der Waals surface area (Å²) in [6.07, 6.45) is 4.18. The van der Waals surface area contributed by atoms with Gasteiger partial charge in [0.05, 0.1) is 12.0 Å². The van der Waals surface area contributed by atoms with Crippen molar-refractivity contribution in [2.24, 2.45) is 0 Å². The second-order valence-electron chi connectivity index (χ2n) is 5.00. The molecule has 94 valence electrons. The van der Waals surface area contributed by atoms with Crippen molar-refractivity contribution in [3.8, 4) is 0 Å². The number of hydrogen-bond acceptors (Lipinski definition) is 2. The monoisotopic (exact) mass is 241 g/mol. The minimum absolute atomic E-state index is 0.923. The first-order chi connectivity index (χ1) is 8.83. The summed E-state index contributed by atoms with van der Waals surface area (Å²) < 4.78 is 2.32. The molecule has 0 saturated heterocycles. The molecule has 0 unspecified atom stereocenters. The lowest BCUT2D eigenvalue weighted by atomic mass is 10.1. The summed E-state index contributed by atoms with van der Waals surface area (Å²) in [6.45, 7) is 5.18. The maximum atomic E-state index is 4.49. The molecule has 0 bridgehead atoms. The van der Waals surface area contributed by atoms with Crippen molar-refractivity contribution in [2.45, 2.75) is 32.9 Å². The van der Waals surface area contributed by atoms with Crippen molar-refractivity contribution in [2.75, 3.05) is 6.54 Å². The average Bonchev–Trinajstić information content (AvgIpc) is 2.80. The van der Waals surface area contributed by atoms with Crippen LogP contribution in [0.4, 0.5) is 0 Å². The van der Waals surface area contributed by atoms with Gasteiger partial charge in [-0.3, -0.25) is 0 Å². The van der Waals surface area contributed by atoms with E-state index in [4.69, 9.17) is 0 Å². The Morgan fingerprint density at radius 1 is 1.39 bits per heavy atom. The van der Waals surface area contributed by atoms with Gasteiger partial charge in [-0.1, -0.05) is 29.8 Å². The maximum absolute atomic E-state index is 4.49. The summed E-state index contributed by atoms with van der Waals surface area (Å²) >= 11 is 0. The van der Waals surface area contributed by atoms with Gasteiger partial charge < -0.3 is 9.88 Å². The summed E-state index contributed by atoms with van der Waals surface area (Å²) in [5.74, 6) is 0. The minimum Gasteiger partial charge on any atom is -0.334 e. The Balaban J connectivity index is 1.72. The molecule has 3 heteroatoms. The number of rotatable bonds is 3. The highest BCUT2D eigenvalue weighted by molar-refractivity contribution is 5.22. The lowest BCUT2D eigenvalue weighted by molar-refractivity contribution is 0.585. The quantitative estimate of drug-likeness (QED) is 0.891. The fourth-order valence-corrected chi connectivity index (χ4v) is 2.61. The van der Waals surface area contributed by atoms with E-state index in [0.29, 0.717) is 0 Å². The van der Waals surface area contributed by atoms with Gasteiger partial charge in [0.25, 0.3) is 0 Å². The summed E-state index contributed by atoms with van der Waals surface area (Å²) in [7, 11) is 0. The fourth-order valence-electron chi connectivity index (χ4n) is 2.61. The molecular weight excluding hydrogens is 222 g/mol. The van der Waals surface area contributed by atoms with Crippen molar-refractivity contribution in [3.63, 3.8) is 0 Å². The van der Waals surface area contributed by atoms with Gasteiger partial charge in [0.2, 0.25) is 0 Å². The van der Waals surface area contributed by atoms with Crippen molar-refractivity contribution in [1.82, 2.24) is 14.9 Å². The third-order valence-corrected chi connectivity index (χ3v) is 3.59. The highest BCUT2D eigenvalue weighted by Gasteiger charge is 2.14. The molecule has 1 N–H and O–H groups in total. The number of imidazole rings is 1. The summed E-state index contributed by atoms with van der Waals surface area (Å²) in [5, 5.41) is 3.36. The zero-order valence-corrected chi connectivity index (χ0v) is 10.8. The molecule has 1 aromatic carbocycles. The van der Waals surface area contributed by atoms with Crippen LogP contribution in [-0.4, -0.2) is 16.1 Å². The van der Waals surface area contributed by atoms with E-state index in [-0.39, 0.29) is 0 Å². The third-order valence-electron chi connectivity index (χ3n) is 3.59. The molecule has 1 aliphatic heterocycles. The fraction of sp³-hybridized carbons (Fsp3) is 0.400. The van der Waals surface area contributed by atoms with Gasteiger partial charge in [-0.15, -0.1) is 0 Å². The summed E-state index contributed by atoms with van der Waals surface area (Å²) in [5.41, 5.74) is 5.39. The molecule has 0 radical (unpaired) electrons. The van der Waals surface area contributed by atoms with E-state index in [1.807, 2.05) is 6.33 Å². The zero-order chi connectivity index (χ0) is 12.4. The molecule has 3 rings (SSSR count).